The van der Waals surface area contributed by atoms with E-state index in [4.69, 9.17) is 0 Å². The lowest BCUT2D eigenvalue weighted by Gasteiger charge is -2.34. The molecule has 1 aliphatic heterocycles. The van der Waals surface area contributed by atoms with E-state index in [2.05, 4.69) is 20.3 Å². The van der Waals surface area contributed by atoms with E-state index in [1.165, 1.54) is 10.7 Å². The van der Waals surface area contributed by atoms with E-state index in [0.717, 1.165) is 37.4 Å². The van der Waals surface area contributed by atoms with Crippen LogP contribution in [0.2, 0.25) is 0 Å². The molecule has 0 unspecified atom stereocenters. The van der Waals surface area contributed by atoms with Crippen LogP contribution in [0, 0.1) is 13.8 Å². The van der Waals surface area contributed by atoms with Crippen LogP contribution in [-0.2, 0) is 11.3 Å². The molecule has 1 fully saturated rings. The third-order valence-corrected chi connectivity index (χ3v) is 4.28. The SMILES string of the molecule is Cc1cccc(N2CCC[C@H](NC(=O)Cn3nc(C)ccc3=O)C2)n1. The van der Waals surface area contributed by atoms with Gasteiger partial charge in [-0.05, 0) is 44.9 Å². The van der Waals surface area contributed by atoms with Gasteiger partial charge in [-0.1, -0.05) is 6.07 Å². The molecule has 7 nitrogen and oxygen atoms in total. The molecule has 25 heavy (non-hydrogen) atoms. The number of aryl methyl sites for hydroxylation is 2. The molecule has 0 aliphatic carbocycles. The van der Waals surface area contributed by atoms with E-state index < -0.39 is 0 Å². The van der Waals surface area contributed by atoms with Crippen molar-refractivity contribution in [2.24, 2.45) is 0 Å². The van der Waals surface area contributed by atoms with Gasteiger partial charge in [-0.3, -0.25) is 9.59 Å². The summed E-state index contributed by atoms with van der Waals surface area (Å²) in [5.74, 6) is 0.750. The van der Waals surface area contributed by atoms with E-state index in [1.54, 1.807) is 13.0 Å². The van der Waals surface area contributed by atoms with Crippen molar-refractivity contribution in [2.75, 3.05) is 18.0 Å². The highest BCUT2D eigenvalue weighted by molar-refractivity contribution is 5.76. The summed E-state index contributed by atoms with van der Waals surface area (Å²) < 4.78 is 1.20. The highest BCUT2D eigenvalue weighted by atomic mass is 16.2. The lowest BCUT2D eigenvalue weighted by molar-refractivity contribution is -0.122. The number of rotatable bonds is 4. The summed E-state index contributed by atoms with van der Waals surface area (Å²) in [6, 6.07) is 9.08. The van der Waals surface area contributed by atoms with Crippen LogP contribution >= 0.6 is 0 Å². The number of anilines is 1. The lowest BCUT2D eigenvalue weighted by Crippen LogP contribution is -2.49. The van der Waals surface area contributed by atoms with Gasteiger partial charge in [0, 0.05) is 30.9 Å². The molecule has 3 rings (SSSR count). The van der Waals surface area contributed by atoms with Crippen molar-refractivity contribution in [3.05, 3.63) is 52.1 Å². The first kappa shape index (κ1) is 17.1. The Morgan fingerprint density at radius 1 is 1.24 bits per heavy atom. The van der Waals surface area contributed by atoms with Crippen LogP contribution in [0.4, 0.5) is 5.82 Å². The predicted molar refractivity (Wildman–Crippen MR) is 95.6 cm³/mol. The Balaban J connectivity index is 1.61. The molecule has 7 heteroatoms. The Morgan fingerprint density at radius 2 is 2.08 bits per heavy atom. The zero-order chi connectivity index (χ0) is 17.8. The molecule has 2 aromatic heterocycles. The van der Waals surface area contributed by atoms with Crippen LogP contribution in [0.15, 0.2) is 35.1 Å². The average Bonchev–Trinajstić information content (AvgIpc) is 2.58. The summed E-state index contributed by atoms with van der Waals surface area (Å²) in [4.78, 5) is 30.8. The molecule has 0 radical (unpaired) electrons. The molecular weight excluding hydrogens is 318 g/mol. The highest BCUT2D eigenvalue weighted by Gasteiger charge is 2.22. The van der Waals surface area contributed by atoms with E-state index in [1.807, 2.05) is 25.1 Å². The van der Waals surface area contributed by atoms with Gasteiger partial charge < -0.3 is 10.2 Å². The van der Waals surface area contributed by atoms with Gasteiger partial charge in [0.05, 0.1) is 5.69 Å². The Hall–Kier alpha value is -2.70. The quantitative estimate of drug-likeness (QED) is 0.899. The van der Waals surface area contributed by atoms with E-state index in [0.29, 0.717) is 5.69 Å². The van der Waals surface area contributed by atoms with Crippen molar-refractivity contribution in [3.8, 4) is 0 Å². The molecule has 1 saturated heterocycles. The van der Waals surface area contributed by atoms with Crippen LogP contribution in [0.1, 0.15) is 24.2 Å². The third kappa shape index (κ3) is 4.43. The number of pyridine rings is 1. The van der Waals surface area contributed by atoms with Gasteiger partial charge in [-0.2, -0.15) is 5.10 Å². The normalized spacial score (nSPS) is 17.4. The van der Waals surface area contributed by atoms with Gasteiger partial charge in [0.25, 0.3) is 5.56 Å². The maximum atomic E-state index is 12.3. The van der Waals surface area contributed by atoms with Crippen molar-refractivity contribution in [1.29, 1.82) is 0 Å². The Labute approximate surface area is 146 Å². The second kappa shape index (κ2) is 7.46. The van der Waals surface area contributed by atoms with Gasteiger partial charge >= 0.3 is 0 Å². The van der Waals surface area contributed by atoms with Crippen LogP contribution in [0.5, 0.6) is 0 Å². The second-order valence-electron chi connectivity index (χ2n) is 6.46. The van der Waals surface area contributed by atoms with Crippen molar-refractivity contribution in [2.45, 2.75) is 39.3 Å². The molecule has 0 aromatic carbocycles. The average molecular weight is 341 g/mol. The molecule has 1 atom stereocenters. The van der Waals surface area contributed by atoms with Gasteiger partial charge in [0.2, 0.25) is 5.91 Å². The van der Waals surface area contributed by atoms with Crippen LogP contribution in [0.3, 0.4) is 0 Å². The van der Waals surface area contributed by atoms with Crippen LogP contribution in [-0.4, -0.2) is 39.8 Å². The Kier molecular flexibility index (Phi) is 5.11. The van der Waals surface area contributed by atoms with E-state index >= 15 is 0 Å². The minimum atomic E-state index is -0.269. The number of carbonyl (C=O) groups is 1. The monoisotopic (exact) mass is 341 g/mol. The van der Waals surface area contributed by atoms with Crippen molar-refractivity contribution < 1.29 is 4.79 Å². The zero-order valence-corrected chi connectivity index (χ0v) is 14.6. The topological polar surface area (TPSA) is 80.1 Å². The minimum Gasteiger partial charge on any atom is -0.355 e. The molecule has 0 saturated carbocycles. The van der Waals surface area contributed by atoms with E-state index in [-0.39, 0.29) is 24.1 Å². The van der Waals surface area contributed by atoms with Crippen molar-refractivity contribution in [3.63, 3.8) is 0 Å². The van der Waals surface area contributed by atoms with Crippen molar-refractivity contribution >= 4 is 11.7 Å². The Morgan fingerprint density at radius 3 is 2.88 bits per heavy atom. The van der Waals surface area contributed by atoms with Gasteiger partial charge in [-0.25, -0.2) is 9.67 Å². The number of hydrogen-bond acceptors (Lipinski definition) is 5. The number of aromatic nitrogens is 3. The maximum Gasteiger partial charge on any atom is 0.267 e. The molecule has 1 aliphatic rings. The number of hydrogen-bond donors (Lipinski definition) is 1. The molecule has 2 aromatic rings. The number of piperidine rings is 1. The summed E-state index contributed by atoms with van der Waals surface area (Å²) in [6.45, 7) is 5.36. The molecule has 3 heterocycles. The first-order valence-electron chi connectivity index (χ1n) is 8.54. The minimum absolute atomic E-state index is 0.0454. The fourth-order valence-electron chi connectivity index (χ4n) is 3.08. The molecule has 0 bridgehead atoms. The number of nitrogens with one attached hydrogen (secondary N) is 1. The summed E-state index contributed by atoms with van der Waals surface area (Å²) >= 11 is 0. The largest absolute Gasteiger partial charge is 0.355 e. The van der Waals surface area contributed by atoms with Gasteiger partial charge in [-0.15, -0.1) is 0 Å². The number of amides is 1. The summed E-state index contributed by atoms with van der Waals surface area (Å²) in [5.41, 5.74) is 1.42. The third-order valence-electron chi connectivity index (χ3n) is 4.28. The van der Waals surface area contributed by atoms with Gasteiger partial charge in [0.15, 0.2) is 0 Å². The first-order chi connectivity index (χ1) is 12.0. The number of carbonyl (C=O) groups excluding carboxylic acids is 1. The molecule has 1 amide bonds. The highest BCUT2D eigenvalue weighted by Crippen LogP contribution is 2.18. The summed E-state index contributed by atoms with van der Waals surface area (Å²) in [5, 5.41) is 7.12. The Bertz CT molecular complexity index is 817. The fraction of sp³-hybridized carbons (Fsp3) is 0.444. The maximum absolute atomic E-state index is 12.3. The fourth-order valence-corrected chi connectivity index (χ4v) is 3.08. The standard InChI is InChI=1S/C18H23N5O2/c1-13-5-3-7-16(19-13)22-10-4-6-15(11-22)20-17(24)12-23-18(25)9-8-14(2)21-23/h3,5,7-9,15H,4,6,10-12H2,1-2H3,(H,20,24)/t15-/m0/s1. The number of nitrogens with zero attached hydrogens (tertiary/aromatic N) is 4. The van der Waals surface area contributed by atoms with Crippen LogP contribution in [0.25, 0.3) is 0 Å². The van der Waals surface area contributed by atoms with E-state index in [9.17, 15) is 9.59 Å². The molecule has 132 valence electrons. The zero-order valence-electron chi connectivity index (χ0n) is 14.6. The van der Waals surface area contributed by atoms with Gasteiger partial charge in [0.1, 0.15) is 12.4 Å². The smallest absolute Gasteiger partial charge is 0.267 e. The summed E-state index contributed by atoms with van der Waals surface area (Å²) in [6.07, 6.45) is 1.91. The molecule has 0 spiro atoms. The molecule has 1 N–H and O–H groups in total. The second-order valence-corrected chi connectivity index (χ2v) is 6.46. The lowest BCUT2D eigenvalue weighted by atomic mass is 10.1. The van der Waals surface area contributed by atoms with Crippen molar-refractivity contribution in [1.82, 2.24) is 20.1 Å². The first-order valence-corrected chi connectivity index (χ1v) is 8.54. The predicted octanol–water partition coefficient (Wildman–Crippen LogP) is 1.04. The molecular formula is C18H23N5O2. The summed E-state index contributed by atoms with van der Waals surface area (Å²) in [7, 11) is 0. The van der Waals surface area contributed by atoms with Crippen LogP contribution < -0.4 is 15.8 Å².